The molecule has 0 saturated carbocycles. The van der Waals surface area contributed by atoms with Crippen LogP contribution in [0.15, 0.2) is 54.6 Å². The Kier molecular flexibility index (Phi) is 4.38. The third-order valence-corrected chi connectivity index (χ3v) is 4.97. The molecule has 1 heterocycles. The monoisotopic (exact) mass is 322 g/mol. The van der Waals surface area contributed by atoms with E-state index in [4.69, 9.17) is 5.73 Å². The van der Waals surface area contributed by atoms with Gasteiger partial charge in [-0.1, -0.05) is 49.4 Å². The molecular weight excluding hydrogens is 300 g/mol. The van der Waals surface area contributed by atoms with E-state index < -0.39 is 5.41 Å². The zero-order valence-electron chi connectivity index (χ0n) is 13.9. The van der Waals surface area contributed by atoms with E-state index in [9.17, 15) is 9.59 Å². The molecule has 1 saturated heterocycles. The Hall–Kier alpha value is -2.62. The van der Waals surface area contributed by atoms with Crippen LogP contribution in [0.2, 0.25) is 0 Å². The summed E-state index contributed by atoms with van der Waals surface area (Å²) in [6, 6.07) is 17.1. The zero-order valence-corrected chi connectivity index (χ0v) is 13.9. The molecule has 1 fully saturated rings. The van der Waals surface area contributed by atoms with Gasteiger partial charge >= 0.3 is 0 Å². The Morgan fingerprint density at radius 3 is 2.33 bits per heavy atom. The molecule has 2 N–H and O–H groups in total. The van der Waals surface area contributed by atoms with Crippen LogP contribution >= 0.6 is 0 Å². The van der Waals surface area contributed by atoms with Gasteiger partial charge in [0.1, 0.15) is 0 Å². The van der Waals surface area contributed by atoms with Crippen LogP contribution in [0.4, 0.5) is 5.69 Å². The largest absolute Gasteiger partial charge is 0.399 e. The lowest BCUT2D eigenvalue weighted by Gasteiger charge is -2.40. The first-order valence-corrected chi connectivity index (χ1v) is 8.31. The molecule has 0 spiro atoms. The Labute approximate surface area is 142 Å². The first-order valence-electron chi connectivity index (χ1n) is 8.31. The average molecular weight is 322 g/mol. The lowest BCUT2D eigenvalue weighted by atomic mass is 9.71. The highest BCUT2D eigenvalue weighted by atomic mass is 16.2. The van der Waals surface area contributed by atoms with Crippen molar-refractivity contribution in [3.8, 4) is 0 Å². The van der Waals surface area contributed by atoms with Crippen LogP contribution in [0.5, 0.6) is 0 Å². The van der Waals surface area contributed by atoms with Crippen molar-refractivity contribution >= 4 is 17.5 Å². The summed E-state index contributed by atoms with van der Waals surface area (Å²) in [7, 11) is 0. The van der Waals surface area contributed by atoms with Crippen LogP contribution < -0.4 is 5.73 Å². The second-order valence-corrected chi connectivity index (χ2v) is 6.33. The van der Waals surface area contributed by atoms with Gasteiger partial charge in [-0.15, -0.1) is 0 Å². The average Bonchev–Trinajstić information content (AvgIpc) is 2.61. The number of nitrogen functional groups attached to an aromatic ring is 1. The molecule has 2 amide bonds. The van der Waals surface area contributed by atoms with E-state index in [1.165, 1.54) is 4.90 Å². The quantitative estimate of drug-likeness (QED) is 0.694. The van der Waals surface area contributed by atoms with Gasteiger partial charge < -0.3 is 5.73 Å². The third kappa shape index (κ3) is 2.80. The van der Waals surface area contributed by atoms with Crippen molar-refractivity contribution < 1.29 is 9.59 Å². The van der Waals surface area contributed by atoms with Crippen molar-refractivity contribution in [1.82, 2.24) is 4.90 Å². The van der Waals surface area contributed by atoms with E-state index in [0.29, 0.717) is 31.5 Å². The number of imide groups is 1. The first kappa shape index (κ1) is 16.2. The molecule has 2 aromatic carbocycles. The van der Waals surface area contributed by atoms with Crippen LogP contribution in [0.25, 0.3) is 0 Å². The molecule has 3 rings (SSSR count). The summed E-state index contributed by atoms with van der Waals surface area (Å²) in [4.78, 5) is 27.1. The maximum Gasteiger partial charge on any atom is 0.240 e. The fraction of sp³-hybridized carbons (Fsp3) is 0.300. The number of nitrogens with two attached hydrogens (primary N) is 1. The van der Waals surface area contributed by atoms with Crippen molar-refractivity contribution in [3.05, 3.63) is 65.7 Å². The molecule has 1 aliphatic heterocycles. The van der Waals surface area contributed by atoms with Crippen molar-refractivity contribution in [2.24, 2.45) is 0 Å². The van der Waals surface area contributed by atoms with Gasteiger partial charge in [-0.05, 0) is 36.1 Å². The van der Waals surface area contributed by atoms with Crippen molar-refractivity contribution in [2.45, 2.75) is 38.1 Å². The molecule has 4 nitrogen and oxygen atoms in total. The zero-order chi connectivity index (χ0) is 17.2. The highest BCUT2D eigenvalue weighted by molar-refractivity contribution is 6.03. The van der Waals surface area contributed by atoms with Crippen LogP contribution in [0.1, 0.15) is 37.3 Å². The SMILES string of the molecule is CCC1(c2ccc(N)cc2)CCC(=O)N(Cc2ccccc2)C1=O. The molecule has 1 atom stereocenters. The van der Waals surface area contributed by atoms with Crippen molar-refractivity contribution in [1.29, 1.82) is 0 Å². The number of hydrogen-bond donors (Lipinski definition) is 1. The Balaban J connectivity index is 1.95. The highest BCUT2D eigenvalue weighted by Gasteiger charge is 2.46. The maximum absolute atomic E-state index is 13.3. The summed E-state index contributed by atoms with van der Waals surface area (Å²) >= 11 is 0. The number of amides is 2. The van der Waals surface area contributed by atoms with Gasteiger partial charge in [0, 0.05) is 12.1 Å². The number of carbonyl (C=O) groups is 2. The number of rotatable bonds is 4. The van der Waals surface area contributed by atoms with Gasteiger partial charge in [0.15, 0.2) is 0 Å². The number of nitrogens with zero attached hydrogens (tertiary/aromatic N) is 1. The van der Waals surface area contributed by atoms with Crippen molar-refractivity contribution in [3.63, 3.8) is 0 Å². The molecule has 0 radical (unpaired) electrons. The Bertz CT molecular complexity index is 740. The fourth-order valence-corrected chi connectivity index (χ4v) is 3.46. The van der Waals surface area contributed by atoms with E-state index in [2.05, 4.69) is 0 Å². The summed E-state index contributed by atoms with van der Waals surface area (Å²) in [6.45, 7) is 2.33. The second kappa shape index (κ2) is 6.48. The van der Waals surface area contributed by atoms with E-state index in [0.717, 1.165) is 11.1 Å². The minimum atomic E-state index is -0.642. The van der Waals surface area contributed by atoms with Gasteiger partial charge in [-0.3, -0.25) is 14.5 Å². The van der Waals surface area contributed by atoms with E-state index in [1.54, 1.807) is 0 Å². The van der Waals surface area contributed by atoms with Crippen LogP contribution in [-0.4, -0.2) is 16.7 Å². The summed E-state index contributed by atoms with van der Waals surface area (Å²) < 4.78 is 0. The molecule has 1 unspecified atom stereocenters. The predicted octanol–water partition coefficient (Wildman–Crippen LogP) is 3.27. The summed E-state index contributed by atoms with van der Waals surface area (Å²) in [5.74, 6) is -0.196. The summed E-state index contributed by atoms with van der Waals surface area (Å²) in [5.41, 5.74) is 7.71. The van der Waals surface area contributed by atoms with Crippen LogP contribution in [0, 0.1) is 0 Å². The molecule has 0 aliphatic carbocycles. The highest BCUT2D eigenvalue weighted by Crippen LogP contribution is 2.39. The lowest BCUT2D eigenvalue weighted by molar-refractivity contribution is -0.154. The van der Waals surface area contributed by atoms with E-state index in [1.807, 2.05) is 61.5 Å². The minimum Gasteiger partial charge on any atom is -0.399 e. The Morgan fingerprint density at radius 1 is 1.04 bits per heavy atom. The van der Waals surface area contributed by atoms with E-state index >= 15 is 0 Å². The maximum atomic E-state index is 13.3. The predicted molar refractivity (Wildman–Crippen MR) is 94.1 cm³/mol. The molecule has 1 aliphatic rings. The first-order chi connectivity index (χ1) is 11.6. The minimum absolute atomic E-state index is 0.0941. The van der Waals surface area contributed by atoms with Gasteiger partial charge in [-0.25, -0.2) is 0 Å². The molecule has 2 aromatic rings. The van der Waals surface area contributed by atoms with Gasteiger partial charge in [0.25, 0.3) is 0 Å². The summed E-state index contributed by atoms with van der Waals surface area (Å²) in [5, 5.41) is 0. The molecule has 24 heavy (non-hydrogen) atoms. The molecule has 4 heteroatoms. The normalized spacial score (nSPS) is 21.1. The Morgan fingerprint density at radius 2 is 1.71 bits per heavy atom. The molecule has 0 aromatic heterocycles. The topological polar surface area (TPSA) is 63.4 Å². The number of hydrogen-bond acceptors (Lipinski definition) is 3. The van der Waals surface area contributed by atoms with Crippen molar-refractivity contribution in [2.75, 3.05) is 5.73 Å². The smallest absolute Gasteiger partial charge is 0.240 e. The number of anilines is 1. The molecule has 124 valence electrons. The fourth-order valence-electron chi connectivity index (χ4n) is 3.46. The van der Waals surface area contributed by atoms with Gasteiger partial charge in [0.2, 0.25) is 11.8 Å². The molecular formula is C20H22N2O2. The van der Waals surface area contributed by atoms with Gasteiger partial charge in [-0.2, -0.15) is 0 Å². The van der Waals surface area contributed by atoms with Crippen LogP contribution in [0.3, 0.4) is 0 Å². The second-order valence-electron chi connectivity index (χ2n) is 6.33. The number of piperidine rings is 1. The third-order valence-electron chi connectivity index (χ3n) is 4.97. The lowest BCUT2D eigenvalue weighted by Crippen LogP contribution is -2.53. The number of likely N-dealkylation sites (tertiary alicyclic amines) is 1. The van der Waals surface area contributed by atoms with Gasteiger partial charge in [0.05, 0.1) is 12.0 Å². The molecule has 0 bridgehead atoms. The summed E-state index contributed by atoms with van der Waals surface area (Å²) in [6.07, 6.45) is 1.60. The number of carbonyl (C=O) groups excluding carboxylic acids is 2. The van der Waals surface area contributed by atoms with E-state index in [-0.39, 0.29) is 11.8 Å². The number of benzene rings is 2. The standard InChI is InChI=1S/C20H22N2O2/c1-2-20(16-8-10-17(21)11-9-16)13-12-18(23)22(19(20)24)14-15-6-4-3-5-7-15/h3-11H,2,12-14,21H2,1H3. The van der Waals surface area contributed by atoms with Crippen LogP contribution in [-0.2, 0) is 21.5 Å².